The lowest BCUT2D eigenvalue weighted by Gasteiger charge is -2.24. The van der Waals surface area contributed by atoms with E-state index < -0.39 is 0 Å². The lowest BCUT2D eigenvalue weighted by atomic mass is 10.2. The Morgan fingerprint density at radius 1 is 1.63 bits per heavy atom. The van der Waals surface area contributed by atoms with Crippen LogP contribution in [0.15, 0.2) is 31.0 Å². The summed E-state index contributed by atoms with van der Waals surface area (Å²) in [5, 5.41) is 0.846. The van der Waals surface area contributed by atoms with E-state index in [4.69, 9.17) is 5.73 Å². The highest BCUT2D eigenvalue weighted by Crippen LogP contribution is 2.33. The van der Waals surface area contributed by atoms with Gasteiger partial charge in [-0.15, -0.1) is 17.9 Å². The van der Waals surface area contributed by atoms with Crippen LogP contribution in [0.3, 0.4) is 0 Å². The molecule has 2 heterocycles. The number of fused-ring (bicyclic) bond motifs is 1. The second-order valence-electron chi connectivity index (χ2n) is 4.54. The van der Waals surface area contributed by atoms with Crippen LogP contribution in [-0.4, -0.2) is 28.4 Å². The van der Waals surface area contributed by atoms with Gasteiger partial charge in [0.15, 0.2) is 0 Å². The van der Waals surface area contributed by atoms with Gasteiger partial charge >= 0.3 is 0 Å². The number of hydrogen-bond acceptors (Lipinski definition) is 4. The monoisotopic (exact) mass is 275 g/mol. The molecule has 0 aliphatic heterocycles. The predicted molar refractivity (Wildman–Crippen MR) is 80.4 cm³/mol. The Labute approximate surface area is 116 Å². The van der Waals surface area contributed by atoms with E-state index in [1.54, 1.807) is 17.2 Å². The summed E-state index contributed by atoms with van der Waals surface area (Å²) >= 11 is 1.34. The van der Waals surface area contributed by atoms with Crippen molar-refractivity contribution in [1.29, 1.82) is 0 Å². The highest BCUT2D eigenvalue weighted by Gasteiger charge is 2.23. The zero-order valence-electron chi connectivity index (χ0n) is 11.1. The van der Waals surface area contributed by atoms with Gasteiger partial charge in [0.2, 0.25) is 0 Å². The average Bonchev–Trinajstić information content (AvgIpc) is 2.73. The smallest absolute Gasteiger partial charge is 0.266 e. The number of amides is 1. The molecule has 0 saturated carbocycles. The first kappa shape index (κ1) is 13.5. The summed E-state index contributed by atoms with van der Waals surface area (Å²) in [7, 11) is 0. The number of thiophene rings is 1. The summed E-state index contributed by atoms with van der Waals surface area (Å²) in [6.07, 6.45) is 3.43. The van der Waals surface area contributed by atoms with Crippen molar-refractivity contribution < 1.29 is 4.79 Å². The Kier molecular flexibility index (Phi) is 3.85. The number of hydrogen-bond donors (Lipinski definition) is 1. The molecule has 0 bridgehead atoms. The highest BCUT2D eigenvalue weighted by molar-refractivity contribution is 7.21. The molecule has 0 aromatic carbocycles. The van der Waals surface area contributed by atoms with Gasteiger partial charge in [0, 0.05) is 24.2 Å². The number of aromatic nitrogens is 1. The van der Waals surface area contributed by atoms with Crippen LogP contribution < -0.4 is 5.73 Å². The number of anilines is 1. The van der Waals surface area contributed by atoms with E-state index in [1.165, 1.54) is 11.3 Å². The third kappa shape index (κ3) is 2.46. The molecule has 0 fully saturated rings. The van der Waals surface area contributed by atoms with Crippen LogP contribution in [0.25, 0.3) is 10.2 Å². The fourth-order valence-corrected chi connectivity index (χ4v) is 2.93. The van der Waals surface area contributed by atoms with Crippen LogP contribution in [0.1, 0.15) is 23.5 Å². The molecule has 0 atom stereocenters. The lowest BCUT2D eigenvalue weighted by molar-refractivity contribution is 0.0735. The van der Waals surface area contributed by atoms with Crippen LogP contribution in [0.5, 0.6) is 0 Å². The normalized spacial score (nSPS) is 10.9. The summed E-state index contributed by atoms with van der Waals surface area (Å²) in [4.78, 5) is 19.9. The van der Waals surface area contributed by atoms with Crippen molar-refractivity contribution in [3.05, 3.63) is 35.9 Å². The minimum absolute atomic E-state index is 0.0598. The maximum atomic E-state index is 12.5. The summed E-state index contributed by atoms with van der Waals surface area (Å²) in [5.74, 6) is -0.0598. The second-order valence-corrected chi connectivity index (χ2v) is 5.54. The first-order valence-corrected chi connectivity index (χ1v) is 6.92. The van der Waals surface area contributed by atoms with Gasteiger partial charge < -0.3 is 10.6 Å². The van der Waals surface area contributed by atoms with Gasteiger partial charge in [0.1, 0.15) is 9.71 Å². The average molecular weight is 275 g/mol. The molecule has 0 aliphatic carbocycles. The molecule has 0 aliphatic rings. The number of nitrogen functional groups attached to an aromatic ring is 1. The second kappa shape index (κ2) is 5.40. The van der Waals surface area contributed by atoms with Crippen molar-refractivity contribution in [2.45, 2.75) is 19.9 Å². The van der Waals surface area contributed by atoms with Crippen molar-refractivity contribution in [2.24, 2.45) is 0 Å². The van der Waals surface area contributed by atoms with Crippen molar-refractivity contribution >= 4 is 33.1 Å². The SMILES string of the molecule is C=CCN(C(=O)c1sc2ncccc2c1N)C(C)C. The first-order valence-electron chi connectivity index (χ1n) is 6.11. The van der Waals surface area contributed by atoms with Gasteiger partial charge in [-0.1, -0.05) is 6.08 Å². The molecule has 2 N–H and O–H groups in total. The third-order valence-corrected chi connectivity index (χ3v) is 4.03. The molecule has 0 radical (unpaired) electrons. The summed E-state index contributed by atoms with van der Waals surface area (Å²) < 4.78 is 0. The van der Waals surface area contributed by atoms with Gasteiger partial charge in [0.25, 0.3) is 5.91 Å². The van der Waals surface area contributed by atoms with Crippen LogP contribution in [0.4, 0.5) is 5.69 Å². The summed E-state index contributed by atoms with van der Waals surface area (Å²) in [6.45, 7) is 8.15. The molecule has 2 rings (SSSR count). The number of nitrogens with two attached hydrogens (primary N) is 1. The standard InChI is InChI=1S/C14H17N3OS/c1-4-8-17(9(2)3)14(18)12-11(15)10-6-5-7-16-13(10)19-12/h4-7,9H,1,8,15H2,2-3H3. The number of carbonyl (C=O) groups is 1. The quantitative estimate of drug-likeness (QED) is 0.873. The minimum atomic E-state index is -0.0598. The lowest BCUT2D eigenvalue weighted by Crippen LogP contribution is -2.36. The summed E-state index contributed by atoms with van der Waals surface area (Å²) in [6, 6.07) is 3.81. The Hall–Kier alpha value is -1.88. The fourth-order valence-electron chi connectivity index (χ4n) is 1.91. The minimum Gasteiger partial charge on any atom is -0.397 e. The molecular weight excluding hydrogens is 258 g/mol. The number of rotatable bonds is 4. The van der Waals surface area contributed by atoms with E-state index in [2.05, 4.69) is 11.6 Å². The van der Waals surface area contributed by atoms with E-state index in [1.807, 2.05) is 26.0 Å². The van der Waals surface area contributed by atoms with E-state index in [0.717, 1.165) is 10.2 Å². The zero-order chi connectivity index (χ0) is 14.0. The highest BCUT2D eigenvalue weighted by atomic mass is 32.1. The molecule has 4 nitrogen and oxygen atoms in total. The number of pyridine rings is 1. The van der Waals surface area contributed by atoms with E-state index in [0.29, 0.717) is 17.1 Å². The number of nitrogens with zero attached hydrogens (tertiary/aromatic N) is 2. The van der Waals surface area contributed by atoms with Gasteiger partial charge in [-0.05, 0) is 26.0 Å². The van der Waals surface area contributed by atoms with E-state index in [-0.39, 0.29) is 11.9 Å². The van der Waals surface area contributed by atoms with Crippen molar-refractivity contribution in [3.8, 4) is 0 Å². The van der Waals surface area contributed by atoms with Gasteiger partial charge in [-0.3, -0.25) is 4.79 Å². The molecule has 19 heavy (non-hydrogen) atoms. The largest absolute Gasteiger partial charge is 0.397 e. The molecule has 2 aromatic heterocycles. The fraction of sp³-hybridized carbons (Fsp3) is 0.286. The first-order chi connectivity index (χ1) is 9.06. The molecule has 0 spiro atoms. The Bertz CT molecular complexity index is 618. The predicted octanol–water partition coefficient (Wildman–Crippen LogP) is 2.92. The van der Waals surface area contributed by atoms with Crippen LogP contribution >= 0.6 is 11.3 Å². The van der Waals surface area contributed by atoms with Crippen LogP contribution in [0.2, 0.25) is 0 Å². The molecule has 0 unspecified atom stereocenters. The maximum Gasteiger partial charge on any atom is 0.266 e. The zero-order valence-corrected chi connectivity index (χ0v) is 11.9. The van der Waals surface area contributed by atoms with Crippen molar-refractivity contribution in [3.63, 3.8) is 0 Å². The summed E-state index contributed by atoms with van der Waals surface area (Å²) in [5.41, 5.74) is 6.59. The Morgan fingerprint density at radius 3 is 2.95 bits per heavy atom. The van der Waals surface area contributed by atoms with Crippen LogP contribution in [-0.2, 0) is 0 Å². The van der Waals surface area contributed by atoms with E-state index >= 15 is 0 Å². The van der Waals surface area contributed by atoms with E-state index in [9.17, 15) is 4.79 Å². The molecule has 0 saturated heterocycles. The van der Waals surface area contributed by atoms with Gasteiger partial charge in [0.05, 0.1) is 5.69 Å². The molecule has 1 amide bonds. The van der Waals surface area contributed by atoms with Gasteiger partial charge in [-0.2, -0.15) is 0 Å². The van der Waals surface area contributed by atoms with Crippen molar-refractivity contribution in [1.82, 2.24) is 9.88 Å². The molecule has 100 valence electrons. The third-order valence-electron chi connectivity index (χ3n) is 2.91. The topological polar surface area (TPSA) is 59.2 Å². The molecule has 2 aromatic rings. The Morgan fingerprint density at radius 2 is 2.37 bits per heavy atom. The Balaban J connectivity index is 2.45. The number of carbonyl (C=O) groups excluding carboxylic acids is 1. The van der Waals surface area contributed by atoms with Gasteiger partial charge in [-0.25, -0.2) is 4.98 Å². The van der Waals surface area contributed by atoms with Crippen LogP contribution in [0, 0.1) is 0 Å². The van der Waals surface area contributed by atoms with Crippen molar-refractivity contribution in [2.75, 3.05) is 12.3 Å². The maximum absolute atomic E-state index is 12.5. The molecular formula is C14H17N3OS. The molecule has 5 heteroatoms.